The van der Waals surface area contributed by atoms with E-state index in [4.69, 9.17) is 0 Å². The molecule has 2 aliphatic rings. The van der Waals surface area contributed by atoms with Crippen LogP contribution in [0, 0.1) is 0 Å². The summed E-state index contributed by atoms with van der Waals surface area (Å²) < 4.78 is 44.8. The van der Waals surface area contributed by atoms with Gasteiger partial charge in [-0.2, -0.15) is 13.2 Å². The Morgan fingerprint density at radius 1 is 1.12 bits per heavy atom. The zero-order valence-electron chi connectivity index (χ0n) is 22.5. The van der Waals surface area contributed by atoms with Crippen LogP contribution >= 0.6 is 0 Å². The summed E-state index contributed by atoms with van der Waals surface area (Å²) in [6.45, 7) is 7.76. The van der Waals surface area contributed by atoms with Gasteiger partial charge < -0.3 is 24.8 Å². The van der Waals surface area contributed by atoms with Gasteiger partial charge in [-0.05, 0) is 49.6 Å². The molecule has 0 saturated heterocycles. The first kappa shape index (κ1) is 27.7. The minimum Gasteiger partial charge on any atom is -0.446 e. The fourth-order valence-electron chi connectivity index (χ4n) is 5.56. The minimum atomic E-state index is -5.17. The molecule has 8 nitrogen and oxygen atoms in total. The van der Waals surface area contributed by atoms with E-state index in [0.29, 0.717) is 12.1 Å². The number of hydrogen-bond acceptors (Lipinski definition) is 6. The maximum absolute atomic E-state index is 13.1. The van der Waals surface area contributed by atoms with Gasteiger partial charge in [-0.25, -0.2) is 9.78 Å². The molecule has 0 fully saturated rings. The number of carbonyl (C=O) groups excluding carboxylic acids is 2. The Hall–Kier alpha value is -3.86. The first-order chi connectivity index (χ1) is 19.0. The number of alkyl halides is 3. The molecular weight excluding hydrogens is 523 g/mol. The summed E-state index contributed by atoms with van der Waals surface area (Å²) in [4.78, 5) is 30.4. The predicted octanol–water partition coefficient (Wildman–Crippen LogP) is 4.91. The molecule has 0 saturated carbocycles. The molecule has 1 amide bonds. The lowest BCUT2D eigenvalue weighted by molar-refractivity contribution is -0.204. The summed E-state index contributed by atoms with van der Waals surface area (Å²) in [5.41, 5.74) is 4.68. The third-order valence-electron chi connectivity index (χ3n) is 7.65. The van der Waals surface area contributed by atoms with Crippen molar-refractivity contribution >= 4 is 23.3 Å². The summed E-state index contributed by atoms with van der Waals surface area (Å²) in [5.74, 6) is -1.85. The number of anilines is 2. The third-order valence-corrected chi connectivity index (χ3v) is 7.65. The maximum Gasteiger partial charge on any atom is 0.490 e. The molecule has 40 heavy (non-hydrogen) atoms. The number of hydrogen-bond donors (Lipinski definition) is 2. The average molecular weight is 556 g/mol. The van der Waals surface area contributed by atoms with Gasteiger partial charge >= 0.3 is 12.1 Å². The molecule has 0 aliphatic carbocycles. The van der Waals surface area contributed by atoms with Crippen molar-refractivity contribution < 1.29 is 27.5 Å². The molecule has 0 bridgehead atoms. The van der Waals surface area contributed by atoms with Crippen molar-refractivity contribution in [2.24, 2.45) is 0 Å². The van der Waals surface area contributed by atoms with Crippen LogP contribution in [0.5, 0.6) is 0 Å². The second-order valence-corrected chi connectivity index (χ2v) is 10.4. The van der Waals surface area contributed by atoms with Crippen LogP contribution in [0.4, 0.5) is 24.5 Å². The highest BCUT2D eigenvalue weighted by Crippen LogP contribution is 2.39. The van der Waals surface area contributed by atoms with Crippen LogP contribution in [-0.4, -0.2) is 46.3 Å². The zero-order valence-corrected chi connectivity index (χ0v) is 22.5. The summed E-state index contributed by atoms with van der Waals surface area (Å²) in [5, 5.41) is 6.90. The maximum atomic E-state index is 13.1. The number of amides is 1. The normalized spacial score (nSPS) is 20.2. The van der Waals surface area contributed by atoms with Crippen molar-refractivity contribution in [1.29, 1.82) is 0 Å². The number of fused-ring (bicyclic) bond motifs is 2. The largest absolute Gasteiger partial charge is 0.490 e. The summed E-state index contributed by atoms with van der Waals surface area (Å²) in [7, 11) is 0. The molecule has 5 rings (SSSR count). The molecule has 1 aromatic heterocycles. The summed E-state index contributed by atoms with van der Waals surface area (Å²) >= 11 is 0. The topological polar surface area (TPSA) is 88.5 Å². The molecule has 3 heterocycles. The van der Waals surface area contributed by atoms with Crippen LogP contribution in [0.15, 0.2) is 54.7 Å². The van der Waals surface area contributed by atoms with Crippen molar-refractivity contribution in [2.45, 2.75) is 70.6 Å². The SMILES string of the molecule is CC(OC(=O)C(F)(F)F)C(=O)N1c2ccccc2[C@H](Nc2ccc(C(C)c3cnc4n3CCNC4)cc2)C[C@@H]1C. The molecule has 2 unspecified atom stereocenters. The molecule has 11 heteroatoms. The van der Waals surface area contributed by atoms with Crippen LogP contribution in [0.2, 0.25) is 0 Å². The highest BCUT2D eigenvalue weighted by atomic mass is 19.4. The number of aromatic nitrogens is 2. The smallest absolute Gasteiger partial charge is 0.446 e. The standard InChI is InChI=1S/C29H32F3N5O3/c1-17-14-23(22-6-4-5-7-24(22)37(17)27(38)19(3)40-28(39)29(30,31)32)35-21-10-8-20(9-11-21)18(2)25-15-34-26-16-33-12-13-36(25)26/h4-11,15,17-19,23,33,35H,12-14,16H2,1-3H3/t17-,18?,19?,23+/m0/s1. The monoisotopic (exact) mass is 555 g/mol. The highest BCUT2D eigenvalue weighted by Gasteiger charge is 2.44. The van der Waals surface area contributed by atoms with Crippen molar-refractivity contribution in [3.63, 3.8) is 0 Å². The molecule has 4 atom stereocenters. The molecule has 2 aliphatic heterocycles. The summed E-state index contributed by atoms with van der Waals surface area (Å²) in [6, 6.07) is 15.0. The van der Waals surface area contributed by atoms with E-state index in [-0.39, 0.29) is 18.0 Å². The van der Waals surface area contributed by atoms with Crippen molar-refractivity contribution in [1.82, 2.24) is 14.9 Å². The third kappa shape index (κ3) is 5.42. The first-order valence-electron chi connectivity index (χ1n) is 13.4. The van der Waals surface area contributed by atoms with Crippen molar-refractivity contribution in [2.75, 3.05) is 16.8 Å². The van der Waals surface area contributed by atoms with Crippen LogP contribution in [-0.2, 0) is 27.4 Å². The Kier molecular flexibility index (Phi) is 7.59. The number of para-hydroxylation sites is 1. The number of rotatable bonds is 6. The number of nitrogens with zero attached hydrogens (tertiary/aromatic N) is 3. The van der Waals surface area contributed by atoms with Crippen LogP contribution < -0.4 is 15.5 Å². The Labute approximate surface area is 230 Å². The molecule has 0 radical (unpaired) electrons. The Morgan fingerprint density at radius 3 is 2.58 bits per heavy atom. The van der Waals surface area contributed by atoms with Crippen molar-refractivity contribution in [3.8, 4) is 0 Å². The van der Waals surface area contributed by atoms with Gasteiger partial charge in [0.1, 0.15) is 5.82 Å². The first-order valence-corrected chi connectivity index (χ1v) is 13.4. The van der Waals surface area contributed by atoms with Gasteiger partial charge in [0.15, 0.2) is 6.10 Å². The van der Waals surface area contributed by atoms with E-state index in [1.807, 2.05) is 37.4 Å². The summed E-state index contributed by atoms with van der Waals surface area (Å²) in [6.07, 6.45) is -4.28. The number of ether oxygens (including phenoxy) is 1. The lowest BCUT2D eigenvalue weighted by Gasteiger charge is -2.40. The van der Waals surface area contributed by atoms with Gasteiger partial charge in [0.05, 0.1) is 12.6 Å². The number of imidazole rings is 1. The van der Waals surface area contributed by atoms with Crippen LogP contribution in [0.1, 0.15) is 61.8 Å². The van der Waals surface area contributed by atoms with Crippen LogP contribution in [0.25, 0.3) is 0 Å². The number of benzene rings is 2. The van der Waals surface area contributed by atoms with E-state index >= 15 is 0 Å². The van der Waals surface area contributed by atoms with Crippen molar-refractivity contribution in [3.05, 3.63) is 77.4 Å². The lowest BCUT2D eigenvalue weighted by atomic mass is 9.90. The quantitative estimate of drug-likeness (QED) is 0.421. The minimum absolute atomic E-state index is 0.138. The average Bonchev–Trinajstić information content (AvgIpc) is 3.36. The van der Waals surface area contributed by atoms with E-state index in [0.717, 1.165) is 43.6 Å². The molecule has 2 aromatic carbocycles. The molecule has 0 spiro atoms. The Balaban J connectivity index is 1.31. The molecule has 3 aromatic rings. The predicted molar refractivity (Wildman–Crippen MR) is 144 cm³/mol. The van der Waals surface area contributed by atoms with Gasteiger partial charge in [-0.1, -0.05) is 37.3 Å². The Bertz CT molecular complexity index is 1390. The fraction of sp³-hybridized carbons (Fsp3) is 0.414. The highest BCUT2D eigenvalue weighted by molar-refractivity contribution is 5.99. The second kappa shape index (κ2) is 11.0. The van der Waals surface area contributed by atoms with E-state index in [9.17, 15) is 22.8 Å². The Morgan fingerprint density at radius 2 is 1.85 bits per heavy atom. The number of esters is 1. The van der Waals surface area contributed by atoms with E-state index in [1.54, 1.807) is 12.1 Å². The molecule has 2 N–H and O–H groups in total. The molecular formula is C29H32F3N5O3. The van der Waals surface area contributed by atoms with Gasteiger partial charge in [-0.3, -0.25) is 4.79 Å². The van der Waals surface area contributed by atoms with Gasteiger partial charge in [-0.15, -0.1) is 0 Å². The van der Waals surface area contributed by atoms with E-state index < -0.39 is 24.2 Å². The number of carbonyl (C=O) groups is 2. The van der Waals surface area contributed by atoms with E-state index in [1.165, 1.54) is 16.2 Å². The zero-order chi connectivity index (χ0) is 28.6. The van der Waals surface area contributed by atoms with E-state index in [2.05, 4.69) is 44.0 Å². The number of nitrogens with one attached hydrogen (secondary N) is 2. The number of halogens is 3. The van der Waals surface area contributed by atoms with Gasteiger partial charge in [0, 0.05) is 48.3 Å². The molecule has 212 valence electrons. The lowest BCUT2D eigenvalue weighted by Crippen LogP contribution is -2.49. The second-order valence-electron chi connectivity index (χ2n) is 10.4. The van der Waals surface area contributed by atoms with Crippen LogP contribution in [0.3, 0.4) is 0 Å². The van der Waals surface area contributed by atoms with Gasteiger partial charge in [0.2, 0.25) is 0 Å². The van der Waals surface area contributed by atoms with Gasteiger partial charge in [0.25, 0.3) is 5.91 Å². The fourth-order valence-corrected chi connectivity index (χ4v) is 5.56.